The van der Waals surface area contributed by atoms with Gasteiger partial charge in [0.15, 0.2) is 9.51 Å². The van der Waals surface area contributed by atoms with E-state index in [1.165, 1.54) is 45.8 Å². The second-order valence-corrected chi connectivity index (χ2v) is 17.2. The summed E-state index contributed by atoms with van der Waals surface area (Å²) >= 11 is 3.75. The van der Waals surface area contributed by atoms with Crippen LogP contribution in [0.4, 0.5) is 22.7 Å². The quantitative estimate of drug-likeness (QED) is 0.0693. The van der Waals surface area contributed by atoms with Crippen LogP contribution in [0, 0.1) is 49.6 Å². The fourth-order valence-electron chi connectivity index (χ4n) is 7.14. The van der Waals surface area contributed by atoms with E-state index in [9.17, 15) is 24.5 Å². The van der Waals surface area contributed by atoms with Gasteiger partial charge in [0.1, 0.15) is 0 Å². The lowest BCUT2D eigenvalue weighted by molar-refractivity contribution is -0.387. The van der Waals surface area contributed by atoms with E-state index in [2.05, 4.69) is 0 Å². The molecule has 2 saturated heterocycles. The first-order valence-corrected chi connectivity index (χ1v) is 20.1. The van der Waals surface area contributed by atoms with Crippen molar-refractivity contribution in [1.29, 1.82) is 0 Å². The summed E-state index contributed by atoms with van der Waals surface area (Å²) in [5, 5.41) is 12.9. The number of nitrogens with zero attached hydrogens (tertiary/aromatic N) is 5. The van der Waals surface area contributed by atoms with Crippen molar-refractivity contribution in [1.82, 2.24) is 4.98 Å². The summed E-state index contributed by atoms with van der Waals surface area (Å²) in [6.45, 7) is 8.07. The minimum absolute atomic E-state index is 0.115. The van der Waals surface area contributed by atoms with E-state index in [-0.39, 0.29) is 35.2 Å². The Labute approximate surface area is 324 Å². The second kappa shape index (κ2) is 14.3. The molecule has 2 atom stereocenters. The van der Waals surface area contributed by atoms with Gasteiger partial charge in [-0.15, -0.1) is 11.3 Å². The third-order valence-electron chi connectivity index (χ3n) is 10.4. The highest BCUT2D eigenvalue weighted by Crippen LogP contribution is 2.44. The molecule has 54 heavy (non-hydrogen) atoms. The summed E-state index contributed by atoms with van der Waals surface area (Å²) in [6, 6.07) is 22.0. The smallest absolute Gasteiger partial charge is 0.274 e. The zero-order valence-corrected chi connectivity index (χ0v) is 32.4. The predicted octanol–water partition coefficient (Wildman–Crippen LogP) is 10.1. The number of carbonyl (C=O) groups excluding carboxylic acids is 3. The second-order valence-electron chi connectivity index (χ2n) is 13.9. The fraction of sp³-hybridized carbons (Fsp3) is 0.244. The highest BCUT2D eigenvalue weighted by Gasteiger charge is 2.48. The molecule has 2 aliphatic heterocycles. The highest BCUT2D eigenvalue weighted by atomic mass is 32.2. The Kier molecular flexibility index (Phi) is 9.49. The van der Waals surface area contributed by atoms with Gasteiger partial charge in [-0.2, -0.15) is 0 Å². The Bertz CT molecular complexity index is 2470. The fourth-order valence-corrected chi connectivity index (χ4v) is 10.3. The van der Waals surface area contributed by atoms with Gasteiger partial charge in [0.05, 0.1) is 53.8 Å². The normalized spacial score (nSPS) is 20.2. The van der Waals surface area contributed by atoms with E-state index in [1.807, 2.05) is 70.2 Å². The SMILES string of the molecule is Cc1ccc(N=C2S/C(=C\c3ccc(Sc4nc5ccc(N6C(=O)[C@@H]7CCCC[C@H]7C6=O)cc5s4)c([N+](=O)[O-])c3)C(=O)N2c2ccc(C)c(C)c2)cc1C. The zero-order chi connectivity index (χ0) is 37.8. The molecule has 8 rings (SSSR count). The molecule has 272 valence electrons. The maximum Gasteiger partial charge on any atom is 0.283 e. The maximum atomic E-state index is 14.0. The van der Waals surface area contributed by atoms with Gasteiger partial charge in [-0.25, -0.2) is 9.98 Å². The number of thioether (sulfide) groups is 1. The van der Waals surface area contributed by atoms with Crippen LogP contribution in [0.2, 0.25) is 0 Å². The maximum absolute atomic E-state index is 14.0. The number of amides is 3. The molecular formula is C41H35N5O5S3. The number of fused-ring (bicyclic) bond motifs is 2. The van der Waals surface area contributed by atoms with Gasteiger partial charge in [-0.1, -0.05) is 42.8 Å². The number of anilines is 2. The summed E-state index contributed by atoms with van der Waals surface area (Å²) in [5.74, 6) is -1.01. The Morgan fingerprint density at radius 3 is 2.17 bits per heavy atom. The van der Waals surface area contributed by atoms with E-state index in [0.29, 0.717) is 41.8 Å². The average molecular weight is 774 g/mol. The molecule has 3 amide bonds. The largest absolute Gasteiger partial charge is 0.283 e. The number of rotatable bonds is 7. The number of imide groups is 1. The molecule has 13 heteroatoms. The number of aryl methyl sites for hydroxylation is 4. The topological polar surface area (TPSA) is 126 Å². The van der Waals surface area contributed by atoms with Crippen LogP contribution in [-0.4, -0.2) is 32.8 Å². The van der Waals surface area contributed by atoms with Crippen molar-refractivity contribution in [2.24, 2.45) is 16.8 Å². The summed E-state index contributed by atoms with van der Waals surface area (Å²) in [4.78, 5) is 65.7. The van der Waals surface area contributed by atoms with E-state index in [4.69, 9.17) is 9.98 Å². The highest BCUT2D eigenvalue weighted by molar-refractivity contribution is 8.19. The Morgan fingerprint density at radius 2 is 1.48 bits per heavy atom. The summed E-state index contributed by atoms with van der Waals surface area (Å²) < 4.78 is 1.36. The molecule has 5 aromatic rings. The van der Waals surface area contributed by atoms with Gasteiger partial charge in [0, 0.05) is 6.07 Å². The third-order valence-corrected chi connectivity index (χ3v) is 13.5. The van der Waals surface area contributed by atoms with Gasteiger partial charge < -0.3 is 0 Å². The van der Waals surface area contributed by atoms with Gasteiger partial charge >= 0.3 is 0 Å². The van der Waals surface area contributed by atoms with Crippen LogP contribution in [0.1, 0.15) is 53.5 Å². The number of carbonyl (C=O) groups is 3. The molecule has 1 aromatic heterocycles. The van der Waals surface area contributed by atoms with Gasteiger partial charge in [0.25, 0.3) is 11.6 Å². The number of nitro benzene ring substituents is 1. The van der Waals surface area contributed by atoms with Crippen LogP contribution in [0.5, 0.6) is 0 Å². The van der Waals surface area contributed by atoms with Crippen molar-refractivity contribution in [3.8, 4) is 0 Å². The number of aromatic nitrogens is 1. The van der Waals surface area contributed by atoms with Crippen LogP contribution in [0.3, 0.4) is 0 Å². The van der Waals surface area contributed by atoms with Crippen LogP contribution in [0.15, 0.2) is 91.9 Å². The molecule has 0 N–H and O–H groups in total. The monoisotopic (exact) mass is 773 g/mol. The lowest BCUT2D eigenvalue weighted by atomic mass is 9.81. The van der Waals surface area contributed by atoms with Gasteiger partial charge in [-0.05, 0) is 135 Å². The van der Waals surface area contributed by atoms with E-state index < -0.39 is 4.92 Å². The number of hydrogen-bond acceptors (Lipinski definition) is 10. The molecule has 3 fully saturated rings. The van der Waals surface area contributed by atoms with E-state index >= 15 is 0 Å². The van der Waals surface area contributed by atoms with Crippen LogP contribution >= 0.6 is 34.9 Å². The van der Waals surface area contributed by atoms with Gasteiger partial charge in [0.2, 0.25) is 11.8 Å². The number of thiazole rings is 1. The van der Waals surface area contributed by atoms with Crippen molar-refractivity contribution in [3.05, 3.63) is 116 Å². The molecule has 1 saturated carbocycles. The van der Waals surface area contributed by atoms with Crippen molar-refractivity contribution in [2.75, 3.05) is 9.80 Å². The molecule has 1 aliphatic carbocycles. The number of benzene rings is 4. The molecule has 0 bridgehead atoms. The molecule has 0 radical (unpaired) electrons. The van der Waals surface area contributed by atoms with Crippen LogP contribution in [-0.2, 0) is 14.4 Å². The first kappa shape index (κ1) is 35.9. The molecule has 3 heterocycles. The van der Waals surface area contributed by atoms with Crippen molar-refractivity contribution in [2.45, 2.75) is 62.6 Å². The minimum atomic E-state index is -0.433. The average Bonchev–Trinajstić information content (AvgIpc) is 3.77. The Morgan fingerprint density at radius 1 is 0.815 bits per heavy atom. The first-order chi connectivity index (χ1) is 25.9. The predicted molar refractivity (Wildman–Crippen MR) is 217 cm³/mol. The summed E-state index contributed by atoms with van der Waals surface area (Å²) in [6.07, 6.45) is 5.07. The molecule has 10 nitrogen and oxygen atoms in total. The van der Waals surface area contributed by atoms with E-state index in [1.54, 1.807) is 35.2 Å². The molecule has 3 aliphatic rings. The standard InChI is InChI=1S/C41H35N5O5S3/c1-22-9-12-27(17-24(22)3)42-40-45(28-13-10-23(2)25(4)18-28)39(49)36(52-40)20-26-11-16-34(33(19-26)46(50)51)53-41-43-32-15-14-29(21-35(32)54-41)44-37(47)30-7-5-6-8-31(30)38(44)48/h9-21,30-31H,5-8H2,1-4H3/b36-20-,42-40?/t30-,31-/m1/s1. The number of nitro groups is 1. The molecule has 0 unspecified atom stereocenters. The number of hydrogen-bond donors (Lipinski definition) is 0. The number of amidine groups is 1. The van der Waals surface area contributed by atoms with E-state index in [0.717, 1.165) is 58.3 Å². The van der Waals surface area contributed by atoms with Crippen molar-refractivity contribution in [3.63, 3.8) is 0 Å². The van der Waals surface area contributed by atoms with Crippen molar-refractivity contribution < 1.29 is 19.3 Å². The summed E-state index contributed by atoms with van der Waals surface area (Å²) in [7, 11) is 0. The van der Waals surface area contributed by atoms with Gasteiger partial charge in [-0.3, -0.25) is 34.3 Å². The minimum Gasteiger partial charge on any atom is -0.274 e. The Balaban J connectivity index is 1.08. The molecule has 4 aromatic carbocycles. The molecular weight excluding hydrogens is 739 g/mol. The third kappa shape index (κ3) is 6.65. The number of aliphatic imine (C=N–C) groups is 1. The molecule has 0 spiro atoms. The van der Waals surface area contributed by atoms with Crippen LogP contribution in [0.25, 0.3) is 16.3 Å². The summed E-state index contributed by atoms with van der Waals surface area (Å²) in [5.41, 5.74) is 7.40. The Hall–Kier alpha value is -5.11. The first-order valence-electron chi connectivity index (χ1n) is 17.7. The van der Waals surface area contributed by atoms with Crippen LogP contribution < -0.4 is 9.80 Å². The lowest BCUT2D eigenvalue weighted by Gasteiger charge is -2.19. The lowest BCUT2D eigenvalue weighted by Crippen LogP contribution is -2.30. The zero-order valence-electron chi connectivity index (χ0n) is 30.0. The van der Waals surface area contributed by atoms with Crippen molar-refractivity contribution >= 4 is 96.8 Å².